The van der Waals surface area contributed by atoms with Crippen LogP contribution in [0.4, 0.5) is 5.00 Å². The van der Waals surface area contributed by atoms with Crippen LogP contribution in [0.25, 0.3) is 22.1 Å². The van der Waals surface area contributed by atoms with Crippen LogP contribution >= 0.6 is 11.3 Å². The number of thiophene rings is 1. The molecule has 0 saturated heterocycles. The molecular weight excluding hydrogens is 418 g/mol. The molecule has 0 fully saturated rings. The molecule has 0 aliphatic heterocycles. The third-order valence-electron chi connectivity index (χ3n) is 4.67. The Morgan fingerprint density at radius 1 is 1.19 bits per heavy atom. The van der Waals surface area contributed by atoms with Crippen molar-refractivity contribution in [3.63, 3.8) is 0 Å². The lowest BCUT2D eigenvalue weighted by molar-refractivity contribution is -0.115. The molecule has 1 amide bonds. The van der Waals surface area contributed by atoms with Crippen LogP contribution in [0.5, 0.6) is 0 Å². The van der Waals surface area contributed by atoms with Gasteiger partial charge in [0.25, 0.3) is 5.56 Å². The van der Waals surface area contributed by atoms with Gasteiger partial charge in [0.1, 0.15) is 16.3 Å². The number of hydrogen-bond donors (Lipinski definition) is 1. The van der Waals surface area contributed by atoms with Crippen LogP contribution in [-0.4, -0.2) is 28.3 Å². The first kappa shape index (κ1) is 20.5. The summed E-state index contributed by atoms with van der Waals surface area (Å²) in [5, 5.41) is 10.3. The summed E-state index contributed by atoms with van der Waals surface area (Å²) in [5.74, 6) is -0.406. The van der Waals surface area contributed by atoms with Gasteiger partial charge in [0.2, 0.25) is 5.91 Å². The van der Waals surface area contributed by atoms with Gasteiger partial charge >= 0.3 is 5.97 Å². The van der Waals surface area contributed by atoms with Crippen molar-refractivity contribution in [2.75, 3.05) is 11.9 Å². The van der Waals surface area contributed by atoms with E-state index in [1.807, 2.05) is 0 Å². The van der Waals surface area contributed by atoms with Crippen molar-refractivity contribution in [3.8, 4) is 11.3 Å². The number of amides is 1. The van der Waals surface area contributed by atoms with Crippen molar-refractivity contribution in [3.05, 3.63) is 69.7 Å². The van der Waals surface area contributed by atoms with Crippen molar-refractivity contribution in [1.82, 2.24) is 9.78 Å². The first-order chi connectivity index (χ1) is 15.0. The van der Waals surface area contributed by atoms with Crippen molar-refractivity contribution >= 4 is 39.0 Å². The summed E-state index contributed by atoms with van der Waals surface area (Å²) in [7, 11) is 1.55. The van der Waals surface area contributed by atoms with Crippen molar-refractivity contribution in [2.24, 2.45) is 7.05 Å². The van der Waals surface area contributed by atoms with E-state index in [0.29, 0.717) is 32.8 Å². The molecule has 3 aromatic heterocycles. The standard InChI is InChI=1S/C22H19N3O5S/c1-3-29-22(28)19-15(17-9-6-10-30-17)12-31-20(19)23-18(26)11-16-13-7-4-5-8-14(13)21(27)25(2)24-16/h4-10,12H,3,11H2,1-2H3,(H,23,26). The van der Waals surface area contributed by atoms with E-state index in [9.17, 15) is 14.4 Å². The molecule has 8 nitrogen and oxygen atoms in total. The predicted molar refractivity (Wildman–Crippen MR) is 117 cm³/mol. The molecule has 0 atom stereocenters. The van der Waals surface area contributed by atoms with Gasteiger partial charge in [0.05, 0.1) is 30.4 Å². The summed E-state index contributed by atoms with van der Waals surface area (Å²) in [6, 6.07) is 10.5. The highest BCUT2D eigenvalue weighted by molar-refractivity contribution is 7.15. The van der Waals surface area contributed by atoms with E-state index >= 15 is 0 Å². The van der Waals surface area contributed by atoms with E-state index < -0.39 is 5.97 Å². The van der Waals surface area contributed by atoms with Gasteiger partial charge in [0, 0.05) is 23.4 Å². The number of anilines is 1. The predicted octanol–water partition coefficient (Wildman–Crippen LogP) is 3.61. The van der Waals surface area contributed by atoms with Crippen LogP contribution in [-0.2, 0) is 23.0 Å². The number of nitrogens with zero attached hydrogens (tertiary/aromatic N) is 2. The second-order valence-corrected chi connectivity index (χ2v) is 7.58. The van der Waals surface area contributed by atoms with Crippen LogP contribution in [0.1, 0.15) is 23.0 Å². The lowest BCUT2D eigenvalue weighted by atomic mass is 10.1. The van der Waals surface area contributed by atoms with Gasteiger partial charge in [-0.1, -0.05) is 18.2 Å². The summed E-state index contributed by atoms with van der Waals surface area (Å²) < 4.78 is 11.8. The number of hydrogen-bond acceptors (Lipinski definition) is 7. The molecule has 0 spiro atoms. The van der Waals surface area contributed by atoms with Crippen molar-refractivity contribution in [1.29, 1.82) is 0 Å². The fourth-order valence-electron chi connectivity index (χ4n) is 3.30. The second kappa shape index (κ2) is 8.57. The number of fused-ring (bicyclic) bond motifs is 1. The molecule has 0 saturated carbocycles. The van der Waals surface area contributed by atoms with Gasteiger partial charge in [-0.15, -0.1) is 11.3 Å². The van der Waals surface area contributed by atoms with E-state index in [1.54, 1.807) is 55.7 Å². The van der Waals surface area contributed by atoms with E-state index in [2.05, 4.69) is 10.4 Å². The second-order valence-electron chi connectivity index (χ2n) is 6.70. The number of rotatable bonds is 6. The minimum Gasteiger partial charge on any atom is -0.464 e. The van der Waals surface area contributed by atoms with Crippen LogP contribution in [0.15, 0.2) is 57.3 Å². The molecule has 4 aromatic rings. The molecule has 4 rings (SSSR count). The number of aryl methyl sites for hydroxylation is 1. The number of ether oxygens (including phenoxy) is 1. The van der Waals surface area contributed by atoms with Gasteiger partial charge in [-0.2, -0.15) is 5.10 Å². The minimum absolute atomic E-state index is 0.0646. The van der Waals surface area contributed by atoms with Gasteiger partial charge < -0.3 is 14.5 Å². The van der Waals surface area contributed by atoms with Crippen LogP contribution in [0, 0.1) is 0 Å². The SMILES string of the molecule is CCOC(=O)c1c(-c2ccco2)csc1NC(=O)Cc1nn(C)c(=O)c2ccccc12. The number of nitrogens with one attached hydrogen (secondary N) is 1. The van der Waals surface area contributed by atoms with Gasteiger partial charge in [0.15, 0.2) is 0 Å². The number of esters is 1. The van der Waals surface area contributed by atoms with Crippen molar-refractivity contribution < 1.29 is 18.7 Å². The number of carbonyl (C=O) groups excluding carboxylic acids is 2. The molecule has 1 aromatic carbocycles. The van der Waals surface area contributed by atoms with E-state index in [0.717, 1.165) is 0 Å². The first-order valence-corrected chi connectivity index (χ1v) is 10.4. The highest BCUT2D eigenvalue weighted by Gasteiger charge is 2.24. The van der Waals surface area contributed by atoms with Gasteiger partial charge in [-0.3, -0.25) is 9.59 Å². The lowest BCUT2D eigenvalue weighted by Crippen LogP contribution is -2.24. The van der Waals surface area contributed by atoms with E-state index in [4.69, 9.17) is 9.15 Å². The minimum atomic E-state index is -0.545. The number of aromatic nitrogens is 2. The third-order valence-corrected chi connectivity index (χ3v) is 5.57. The molecule has 9 heteroatoms. The molecule has 31 heavy (non-hydrogen) atoms. The summed E-state index contributed by atoms with van der Waals surface area (Å²) in [5.41, 5.74) is 1.03. The Morgan fingerprint density at radius 2 is 1.97 bits per heavy atom. The molecule has 158 valence electrons. The Kier molecular flexibility index (Phi) is 5.68. The molecular formula is C22H19N3O5S. The fraction of sp³-hybridized carbons (Fsp3) is 0.182. The van der Waals surface area contributed by atoms with Crippen molar-refractivity contribution in [2.45, 2.75) is 13.3 Å². The Labute approximate surface area is 181 Å². The number of furan rings is 1. The molecule has 0 aliphatic rings. The quantitative estimate of drug-likeness (QED) is 0.462. The average Bonchev–Trinajstić information content (AvgIpc) is 3.42. The summed E-state index contributed by atoms with van der Waals surface area (Å²) in [6.07, 6.45) is 1.45. The van der Waals surface area contributed by atoms with E-state index in [-0.39, 0.29) is 30.1 Å². The fourth-order valence-corrected chi connectivity index (χ4v) is 4.25. The average molecular weight is 437 g/mol. The maximum Gasteiger partial charge on any atom is 0.341 e. The smallest absolute Gasteiger partial charge is 0.341 e. The molecule has 0 aliphatic carbocycles. The zero-order chi connectivity index (χ0) is 22.0. The highest BCUT2D eigenvalue weighted by Crippen LogP contribution is 2.36. The van der Waals surface area contributed by atoms with E-state index in [1.165, 1.54) is 22.3 Å². The first-order valence-electron chi connectivity index (χ1n) is 9.56. The maximum atomic E-state index is 12.8. The Morgan fingerprint density at radius 3 is 2.68 bits per heavy atom. The molecule has 3 heterocycles. The molecule has 0 unspecified atom stereocenters. The zero-order valence-corrected chi connectivity index (χ0v) is 17.7. The third kappa shape index (κ3) is 3.99. The number of benzene rings is 1. The van der Waals surface area contributed by atoms with Gasteiger partial charge in [-0.25, -0.2) is 9.48 Å². The van der Waals surface area contributed by atoms with Crippen LogP contribution in [0.2, 0.25) is 0 Å². The topological polar surface area (TPSA) is 103 Å². The zero-order valence-electron chi connectivity index (χ0n) is 16.9. The molecule has 1 N–H and O–H groups in total. The largest absolute Gasteiger partial charge is 0.464 e. The highest BCUT2D eigenvalue weighted by atomic mass is 32.1. The van der Waals surface area contributed by atoms with Crippen LogP contribution in [0.3, 0.4) is 0 Å². The summed E-state index contributed by atoms with van der Waals surface area (Å²) in [4.78, 5) is 37.7. The number of carbonyl (C=O) groups is 2. The summed E-state index contributed by atoms with van der Waals surface area (Å²) in [6.45, 7) is 1.92. The van der Waals surface area contributed by atoms with Crippen LogP contribution < -0.4 is 10.9 Å². The Hall–Kier alpha value is -3.72. The molecule has 0 radical (unpaired) electrons. The monoisotopic (exact) mass is 437 g/mol. The summed E-state index contributed by atoms with van der Waals surface area (Å²) >= 11 is 1.21. The normalized spacial score (nSPS) is 10.9. The lowest BCUT2D eigenvalue weighted by Gasteiger charge is -2.10. The maximum absolute atomic E-state index is 12.8. The Bertz CT molecular complexity index is 1320. The van der Waals surface area contributed by atoms with Gasteiger partial charge in [-0.05, 0) is 25.1 Å². The molecule has 0 bridgehead atoms. The Balaban J connectivity index is 1.66.